The number of alkyl carbamates (subject to hydrolysis) is 1. The van der Waals surface area contributed by atoms with E-state index in [-0.39, 0.29) is 6.79 Å². The highest BCUT2D eigenvalue weighted by Crippen LogP contribution is 2.40. The molecule has 1 amide bonds. The van der Waals surface area contributed by atoms with Crippen LogP contribution in [0.25, 0.3) is 21.7 Å². The first kappa shape index (κ1) is 41.7. The van der Waals surface area contributed by atoms with Gasteiger partial charge in [-0.05, 0) is 100 Å². The molecule has 4 heterocycles. The predicted octanol–water partition coefficient (Wildman–Crippen LogP) is 7.92. The molecule has 312 valence electrons. The molecule has 5 aromatic rings. The number of fused-ring (bicyclic) bond motifs is 2. The lowest BCUT2D eigenvalue weighted by atomic mass is 10.1. The highest BCUT2D eigenvalue weighted by molar-refractivity contribution is 7.13. The largest absolute Gasteiger partial charge is 0.494 e. The molecule has 2 saturated heterocycles. The Hall–Kier alpha value is -5.44. The quantitative estimate of drug-likeness (QED) is 0.0738. The average Bonchev–Trinajstić information content (AvgIpc) is 3.76. The van der Waals surface area contributed by atoms with Gasteiger partial charge in [0, 0.05) is 70.2 Å². The van der Waals surface area contributed by atoms with Gasteiger partial charge in [0.15, 0.2) is 12.6 Å². The third-order valence-corrected chi connectivity index (χ3v) is 11.7. The number of ether oxygens (including phenoxy) is 4. The molecule has 2 bridgehead atoms. The zero-order valence-electron chi connectivity index (χ0n) is 34.9. The maximum atomic E-state index is 12.5. The Bertz CT molecular complexity index is 2180. The molecule has 59 heavy (non-hydrogen) atoms. The number of methoxy groups -OCH3 is 1. The van der Waals surface area contributed by atoms with Gasteiger partial charge in [0.1, 0.15) is 17.1 Å². The van der Waals surface area contributed by atoms with Gasteiger partial charge in [-0.25, -0.2) is 9.78 Å². The number of nitrogen functional groups attached to an aromatic ring is 1. The van der Waals surface area contributed by atoms with Crippen LogP contribution in [0.4, 0.5) is 22.0 Å². The van der Waals surface area contributed by atoms with Crippen LogP contribution in [-0.2, 0) is 22.6 Å². The molecule has 2 unspecified atom stereocenters. The third kappa shape index (κ3) is 10.4. The van der Waals surface area contributed by atoms with E-state index in [0.717, 1.165) is 95.5 Å². The molecule has 14 heteroatoms. The number of carbonyl (C=O) groups is 1. The molecule has 2 aromatic heterocycles. The molecule has 7 rings (SSSR count). The van der Waals surface area contributed by atoms with Gasteiger partial charge in [-0.15, -0.1) is 21.5 Å². The van der Waals surface area contributed by atoms with Crippen LogP contribution in [0.5, 0.6) is 11.5 Å². The molecule has 3 N–H and O–H groups in total. The third-order valence-electron chi connectivity index (χ3n) is 10.7. The molecule has 0 saturated carbocycles. The number of nitrogens with zero attached hydrogens (tertiary/aromatic N) is 6. The number of piperazine rings is 1. The number of benzene rings is 3. The SMILES string of the molecule is COCOc1ccccc1-c1cc(N2C3CCC2CN(Cc2ccc(OCCCN(C)c4cc(-c5scnc5C)ccc4CNC(=O)OC(C)(C)C)cc2)C3)c(N)nn1. The van der Waals surface area contributed by atoms with Crippen molar-refractivity contribution in [1.82, 2.24) is 25.4 Å². The van der Waals surface area contributed by atoms with Gasteiger partial charge in [0.05, 0.1) is 34.1 Å². The monoisotopic (exact) mass is 820 g/mol. The summed E-state index contributed by atoms with van der Waals surface area (Å²) in [5.74, 6) is 2.00. The Kier molecular flexibility index (Phi) is 13.2. The van der Waals surface area contributed by atoms with E-state index in [2.05, 4.69) is 90.8 Å². The molecule has 2 atom stereocenters. The van der Waals surface area contributed by atoms with Crippen LogP contribution in [0.1, 0.15) is 56.9 Å². The van der Waals surface area contributed by atoms with E-state index in [9.17, 15) is 4.79 Å². The fourth-order valence-corrected chi connectivity index (χ4v) is 8.80. The van der Waals surface area contributed by atoms with Crippen LogP contribution in [-0.4, -0.2) is 91.1 Å². The number of anilines is 3. The summed E-state index contributed by atoms with van der Waals surface area (Å²) in [5, 5.41) is 11.7. The Labute approximate surface area is 351 Å². The average molecular weight is 821 g/mol. The second-order valence-electron chi connectivity index (χ2n) is 16.3. The van der Waals surface area contributed by atoms with E-state index < -0.39 is 11.7 Å². The van der Waals surface area contributed by atoms with E-state index >= 15 is 0 Å². The summed E-state index contributed by atoms with van der Waals surface area (Å²) in [6, 6.07) is 25.4. The fourth-order valence-electron chi connectivity index (χ4n) is 8.00. The Morgan fingerprint density at radius 2 is 1.76 bits per heavy atom. The molecule has 2 aliphatic heterocycles. The molecule has 0 spiro atoms. The molecule has 13 nitrogen and oxygen atoms in total. The summed E-state index contributed by atoms with van der Waals surface area (Å²) < 4.78 is 22.6. The summed E-state index contributed by atoms with van der Waals surface area (Å²) in [4.78, 5) is 25.3. The number of aryl methyl sites for hydroxylation is 1. The van der Waals surface area contributed by atoms with Gasteiger partial charge in [0.25, 0.3) is 0 Å². The molecule has 2 fully saturated rings. The lowest BCUT2D eigenvalue weighted by Gasteiger charge is -2.42. The molecule has 2 aliphatic rings. The molecule has 3 aromatic carbocycles. The van der Waals surface area contributed by atoms with Crippen LogP contribution in [0.2, 0.25) is 0 Å². The maximum Gasteiger partial charge on any atom is 0.407 e. The number of carbonyl (C=O) groups excluding carboxylic acids is 1. The zero-order valence-corrected chi connectivity index (χ0v) is 35.8. The predicted molar refractivity (Wildman–Crippen MR) is 234 cm³/mol. The molecular formula is C45H56N8O5S. The van der Waals surface area contributed by atoms with Crippen molar-refractivity contribution in [3.63, 3.8) is 0 Å². The fraction of sp³-hybridized carbons (Fsp3) is 0.422. The van der Waals surface area contributed by atoms with Crippen LogP contribution < -0.4 is 30.3 Å². The number of nitrogens with one attached hydrogen (secondary N) is 1. The number of hydrogen-bond donors (Lipinski definition) is 2. The van der Waals surface area contributed by atoms with E-state index in [4.69, 9.17) is 24.7 Å². The lowest BCUT2D eigenvalue weighted by molar-refractivity contribution is 0.0513. The van der Waals surface area contributed by atoms with E-state index in [1.165, 1.54) is 5.56 Å². The summed E-state index contributed by atoms with van der Waals surface area (Å²) in [6.07, 6.45) is 2.60. The van der Waals surface area contributed by atoms with Crippen molar-refractivity contribution in [1.29, 1.82) is 0 Å². The number of nitrogens with two attached hydrogens (primary N) is 1. The van der Waals surface area contributed by atoms with Crippen LogP contribution >= 0.6 is 11.3 Å². The second kappa shape index (κ2) is 18.6. The minimum absolute atomic E-state index is 0.151. The van der Waals surface area contributed by atoms with Crippen LogP contribution in [0.3, 0.4) is 0 Å². The number of rotatable bonds is 16. The van der Waals surface area contributed by atoms with Crippen molar-refractivity contribution in [2.45, 2.75) is 77.7 Å². The molecular weight excluding hydrogens is 765 g/mol. The van der Waals surface area contributed by atoms with Gasteiger partial charge < -0.3 is 39.8 Å². The maximum absolute atomic E-state index is 12.5. The molecule has 0 radical (unpaired) electrons. The normalized spacial score (nSPS) is 16.5. The van der Waals surface area contributed by atoms with Gasteiger partial charge in [-0.3, -0.25) is 4.90 Å². The number of hydrogen-bond acceptors (Lipinski definition) is 13. The first-order chi connectivity index (χ1) is 28.5. The van der Waals surface area contributed by atoms with E-state index in [1.54, 1.807) is 18.4 Å². The van der Waals surface area contributed by atoms with Crippen molar-refractivity contribution in [2.24, 2.45) is 0 Å². The summed E-state index contributed by atoms with van der Waals surface area (Å²) in [7, 11) is 3.68. The van der Waals surface area contributed by atoms with Crippen molar-refractivity contribution < 1.29 is 23.7 Å². The Morgan fingerprint density at radius 1 is 1.00 bits per heavy atom. The zero-order chi connectivity index (χ0) is 41.5. The number of amides is 1. The van der Waals surface area contributed by atoms with Gasteiger partial charge in [0.2, 0.25) is 0 Å². The van der Waals surface area contributed by atoms with Crippen LogP contribution in [0.15, 0.2) is 78.3 Å². The van der Waals surface area contributed by atoms with Gasteiger partial charge >= 0.3 is 6.09 Å². The Balaban J connectivity index is 0.920. The lowest BCUT2D eigenvalue weighted by Crippen LogP contribution is -2.53. The number of thiazole rings is 1. The standard InChI is InChI=1S/C45H56N8O5S/c1-30-42(59-28-48-30)32-14-15-33(24-47-44(54)58-45(2,3)4)39(22-32)51(5)20-9-21-56-36-18-12-31(13-19-36)25-52-26-34-16-17-35(27-52)53(34)40-23-38(49-50-43(40)46)37-10-7-8-11-41(37)57-29-55-6/h7-8,10-15,18-19,22-23,28,34-35H,9,16-17,20-21,24-27,29H2,1-6H3,(H2,46,50)(H,47,54). The first-order valence-corrected chi connectivity index (χ1v) is 21.1. The van der Waals surface area contributed by atoms with Gasteiger partial charge in [-0.1, -0.05) is 36.4 Å². The van der Waals surface area contributed by atoms with E-state index in [1.807, 2.05) is 57.5 Å². The van der Waals surface area contributed by atoms with Crippen molar-refractivity contribution in [3.05, 3.63) is 95.1 Å². The molecule has 0 aliphatic carbocycles. The van der Waals surface area contributed by atoms with Crippen molar-refractivity contribution in [3.8, 4) is 33.2 Å². The summed E-state index contributed by atoms with van der Waals surface area (Å²) in [5.41, 5.74) is 15.7. The smallest absolute Gasteiger partial charge is 0.407 e. The second-order valence-corrected chi connectivity index (χ2v) is 17.1. The number of likely N-dealkylation sites (tertiary alicyclic amines) is 1. The minimum atomic E-state index is -0.565. The number of aromatic nitrogens is 3. The van der Waals surface area contributed by atoms with Crippen LogP contribution in [0, 0.1) is 6.92 Å². The Morgan fingerprint density at radius 3 is 2.47 bits per heavy atom. The highest BCUT2D eigenvalue weighted by Gasteiger charge is 2.41. The first-order valence-electron chi connectivity index (χ1n) is 20.2. The van der Waals surface area contributed by atoms with Crippen molar-refractivity contribution in [2.75, 3.05) is 62.7 Å². The number of para-hydroxylation sites is 1. The topological polar surface area (TPSA) is 140 Å². The van der Waals surface area contributed by atoms with E-state index in [0.29, 0.717) is 36.8 Å². The van der Waals surface area contributed by atoms with Crippen molar-refractivity contribution >= 4 is 34.6 Å². The minimum Gasteiger partial charge on any atom is -0.494 e. The highest BCUT2D eigenvalue weighted by atomic mass is 32.1. The summed E-state index contributed by atoms with van der Waals surface area (Å²) in [6.45, 7) is 12.2. The summed E-state index contributed by atoms with van der Waals surface area (Å²) >= 11 is 1.63. The van der Waals surface area contributed by atoms with Gasteiger partial charge in [-0.2, -0.15) is 0 Å².